The van der Waals surface area contributed by atoms with Crippen molar-refractivity contribution >= 4 is 26.5 Å². The summed E-state index contributed by atoms with van der Waals surface area (Å²) < 4.78 is 32.0. The fraction of sp³-hybridized carbons (Fsp3) is 0.308. The molecule has 0 spiro atoms. The highest BCUT2D eigenvalue weighted by Crippen LogP contribution is 2.16. The van der Waals surface area contributed by atoms with Gasteiger partial charge in [0, 0.05) is 18.3 Å². The number of nitrogens with two attached hydrogens (primary N) is 1. The molecule has 0 aliphatic rings. The third-order valence-electron chi connectivity index (χ3n) is 2.69. The first-order valence-corrected chi connectivity index (χ1v) is 8.80. The molecule has 1 heterocycles. The fourth-order valence-electron chi connectivity index (χ4n) is 1.72. The molecule has 0 fully saturated rings. The van der Waals surface area contributed by atoms with Crippen molar-refractivity contribution in [2.24, 2.45) is 0 Å². The monoisotopic (exact) mass is 327 g/mol. The molecule has 3 N–H and O–H groups in total. The van der Waals surface area contributed by atoms with Gasteiger partial charge in [0.25, 0.3) is 0 Å². The van der Waals surface area contributed by atoms with E-state index >= 15 is 0 Å². The maximum atomic E-state index is 12.1. The highest BCUT2D eigenvalue weighted by molar-refractivity contribution is 7.89. The van der Waals surface area contributed by atoms with Gasteiger partial charge in [0.15, 0.2) is 5.13 Å². The molecular weight excluding hydrogens is 310 g/mol. The van der Waals surface area contributed by atoms with Crippen molar-refractivity contribution in [2.75, 3.05) is 18.9 Å². The second-order valence-corrected chi connectivity index (χ2v) is 6.89. The summed E-state index contributed by atoms with van der Waals surface area (Å²) in [6.07, 6.45) is 0.504. The number of sulfonamides is 1. The Kier molecular flexibility index (Phi) is 5.16. The number of anilines is 1. The number of nitrogens with one attached hydrogen (secondary N) is 1. The van der Waals surface area contributed by atoms with Crippen molar-refractivity contribution in [3.63, 3.8) is 0 Å². The molecule has 0 saturated carbocycles. The van der Waals surface area contributed by atoms with Crippen LogP contribution in [0.15, 0.2) is 34.5 Å². The molecule has 21 heavy (non-hydrogen) atoms. The predicted octanol–water partition coefficient (Wildman–Crippen LogP) is 1.65. The maximum absolute atomic E-state index is 12.1. The molecule has 8 heteroatoms. The number of nitrogen functional groups attached to an aromatic ring is 1. The van der Waals surface area contributed by atoms with Crippen molar-refractivity contribution in [1.82, 2.24) is 9.71 Å². The van der Waals surface area contributed by atoms with Gasteiger partial charge in [-0.05, 0) is 31.2 Å². The number of ether oxygens (including phenoxy) is 1. The van der Waals surface area contributed by atoms with Gasteiger partial charge in [-0.25, -0.2) is 18.1 Å². The lowest BCUT2D eigenvalue weighted by atomic mass is 10.3. The van der Waals surface area contributed by atoms with Gasteiger partial charge in [0.2, 0.25) is 10.0 Å². The lowest BCUT2D eigenvalue weighted by Crippen LogP contribution is -2.26. The minimum absolute atomic E-state index is 0.212. The smallest absolute Gasteiger partial charge is 0.240 e. The first-order valence-electron chi connectivity index (χ1n) is 6.43. The molecule has 0 saturated heterocycles. The highest BCUT2D eigenvalue weighted by Gasteiger charge is 2.13. The number of benzene rings is 1. The standard InChI is InChI=1S/C13H17N3O3S2/c1-2-19-11-3-5-12(6-4-11)21(17,18)15-8-7-10-9-20-13(14)16-10/h3-6,9,15H,2,7-8H2,1H3,(H2,14,16). The number of thiazole rings is 1. The van der Waals surface area contributed by atoms with Gasteiger partial charge in [-0.1, -0.05) is 0 Å². The second kappa shape index (κ2) is 6.88. The van der Waals surface area contributed by atoms with E-state index in [2.05, 4.69) is 9.71 Å². The van der Waals surface area contributed by atoms with Gasteiger partial charge in [-0.3, -0.25) is 0 Å². The third-order valence-corrected chi connectivity index (χ3v) is 4.89. The van der Waals surface area contributed by atoms with Crippen molar-refractivity contribution < 1.29 is 13.2 Å². The van der Waals surface area contributed by atoms with Crippen LogP contribution in [0.25, 0.3) is 0 Å². The first kappa shape index (κ1) is 15.7. The quantitative estimate of drug-likeness (QED) is 0.806. The Balaban J connectivity index is 1.94. The number of rotatable bonds is 7. The number of nitrogens with zero attached hydrogens (tertiary/aromatic N) is 1. The molecule has 0 bridgehead atoms. The van der Waals surface area contributed by atoms with Crippen LogP contribution in [0, 0.1) is 0 Å². The summed E-state index contributed by atoms with van der Waals surface area (Å²) in [7, 11) is -3.52. The lowest BCUT2D eigenvalue weighted by molar-refractivity contribution is 0.340. The highest BCUT2D eigenvalue weighted by atomic mass is 32.2. The Morgan fingerprint density at radius 3 is 2.62 bits per heavy atom. The minimum Gasteiger partial charge on any atom is -0.494 e. The molecule has 114 valence electrons. The van der Waals surface area contributed by atoms with Crippen molar-refractivity contribution in [3.05, 3.63) is 35.3 Å². The van der Waals surface area contributed by atoms with Crippen LogP contribution in [0.4, 0.5) is 5.13 Å². The van der Waals surface area contributed by atoms with Crippen LogP contribution < -0.4 is 15.2 Å². The fourth-order valence-corrected chi connectivity index (χ4v) is 3.35. The average Bonchev–Trinajstić information content (AvgIpc) is 2.85. The van der Waals surface area contributed by atoms with Gasteiger partial charge in [0.1, 0.15) is 5.75 Å². The lowest BCUT2D eigenvalue weighted by Gasteiger charge is -2.07. The Hall–Kier alpha value is -1.64. The number of hydrogen-bond acceptors (Lipinski definition) is 6. The summed E-state index contributed by atoms with van der Waals surface area (Å²) in [6, 6.07) is 6.32. The summed E-state index contributed by atoms with van der Waals surface area (Å²) in [4.78, 5) is 4.29. The molecule has 6 nitrogen and oxygen atoms in total. The van der Waals surface area contributed by atoms with Crippen LogP contribution in [-0.2, 0) is 16.4 Å². The Morgan fingerprint density at radius 2 is 2.05 bits per heavy atom. The van der Waals surface area contributed by atoms with Gasteiger partial charge in [-0.15, -0.1) is 11.3 Å². The molecule has 0 unspecified atom stereocenters. The van der Waals surface area contributed by atoms with Crippen LogP contribution in [-0.4, -0.2) is 26.6 Å². The summed E-state index contributed by atoms with van der Waals surface area (Å²) in [5.74, 6) is 0.648. The zero-order valence-electron chi connectivity index (χ0n) is 11.6. The third kappa shape index (κ3) is 4.42. The van der Waals surface area contributed by atoms with Crippen molar-refractivity contribution in [1.29, 1.82) is 0 Å². The molecule has 0 aliphatic carbocycles. The van der Waals surface area contributed by atoms with Crippen LogP contribution in [0.5, 0.6) is 5.75 Å². The van der Waals surface area contributed by atoms with E-state index in [1.807, 2.05) is 12.3 Å². The van der Waals surface area contributed by atoms with E-state index in [4.69, 9.17) is 10.5 Å². The SMILES string of the molecule is CCOc1ccc(S(=O)(=O)NCCc2csc(N)n2)cc1. The van der Waals surface area contributed by atoms with Gasteiger partial charge >= 0.3 is 0 Å². The summed E-state index contributed by atoms with van der Waals surface area (Å²) in [5, 5.41) is 2.31. The summed E-state index contributed by atoms with van der Waals surface area (Å²) in [6.45, 7) is 2.69. The summed E-state index contributed by atoms with van der Waals surface area (Å²) >= 11 is 1.34. The second-order valence-electron chi connectivity index (χ2n) is 4.23. The van der Waals surface area contributed by atoms with E-state index in [1.165, 1.54) is 23.5 Å². The van der Waals surface area contributed by atoms with Crippen LogP contribution >= 0.6 is 11.3 Å². The van der Waals surface area contributed by atoms with Gasteiger partial charge < -0.3 is 10.5 Å². The van der Waals surface area contributed by atoms with Crippen molar-refractivity contribution in [3.8, 4) is 5.75 Å². The van der Waals surface area contributed by atoms with E-state index in [1.54, 1.807) is 12.1 Å². The molecule has 1 aromatic carbocycles. The number of hydrogen-bond donors (Lipinski definition) is 2. The van der Waals surface area contributed by atoms with Gasteiger partial charge in [0.05, 0.1) is 17.2 Å². The molecule has 0 radical (unpaired) electrons. The van der Waals surface area contributed by atoms with Crippen LogP contribution in [0.2, 0.25) is 0 Å². The molecule has 1 aromatic heterocycles. The van der Waals surface area contributed by atoms with Crippen LogP contribution in [0.1, 0.15) is 12.6 Å². The normalized spacial score (nSPS) is 11.5. The maximum Gasteiger partial charge on any atom is 0.240 e. The average molecular weight is 327 g/mol. The van der Waals surface area contributed by atoms with Crippen LogP contribution in [0.3, 0.4) is 0 Å². The zero-order valence-corrected chi connectivity index (χ0v) is 13.2. The zero-order chi connectivity index (χ0) is 15.3. The molecule has 2 aromatic rings. The molecule has 2 rings (SSSR count). The van der Waals surface area contributed by atoms with E-state index in [9.17, 15) is 8.42 Å². The molecule has 0 atom stereocenters. The number of aromatic nitrogens is 1. The molecular formula is C13H17N3O3S2. The first-order chi connectivity index (χ1) is 10.0. The molecule has 0 amide bonds. The minimum atomic E-state index is -3.52. The topological polar surface area (TPSA) is 94.3 Å². The van der Waals surface area contributed by atoms with E-state index in [0.29, 0.717) is 23.9 Å². The Morgan fingerprint density at radius 1 is 1.33 bits per heavy atom. The van der Waals surface area contributed by atoms with E-state index in [0.717, 1.165) is 5.69 Å². The predicted molar refractivity (Wildman–Crippen MR) is 83.0 cm³/mol. The Bertz CT molecular complexity index is 681. The summed E-state index contributed by atoms with van der Waals surface area (Å²) in [5.41, 5.74) is 6.31. The van der Waals surface area contributed by atoms with Gasteiger partial charge in [-0.2, -0.15) is 0 Å². The van der Waals surface area contributed by atoms with E-state index in [-0.39, 0.29) is 11.4 Å². The molecule has 0 aliphatic heterocycles. The van der Waals surface area contributed by atoms with E-state index < -0.39 is 10.0 Å². The van der Waals surface area contributed by atoms with Crippen molar-refractivity contribution in [2.45, 2.75) is 18.2 Å². The Labute approximate surface area is 128 Å². The largest absolute Gasteiger partial charge is 0.494 e.